The van der Waals surface area contributed by atoms with Crippen molar-refractivity contribution in [3.05, 3.63) is 24.3 Å². The van der Waals surface area contributed by atoms with Gasteiger partial charge in [-0.3, -0.25) is 4.90 Å². The van der Waals surface area contributed by atoms with Crippen molar-refractivity contribution < 1.29 is 4.79 Å². The number of benzene rings is 1. The molecule has 2 fully saturated rings. The highest BCUT2D eigenvalue weighted by atomic mass is 16.2. The number of hydrogen-bond acceptors (Lipinski definition) is 3. The normalized spacial score (nSPS) is 30.6. The van der Waals surface area contributed by atoms with E-state index < -0.39 is 0 Å². The number of hydrogen-bond donors (Lipinski definition) is 2. The third-order valence-corrected chi connectivity index (χ3v) is 5.54. The molecule has 5 heteroatoms. The maximum atomic E-state index is 12.6. The Morgan fingerprint density at radius 3 is 2.73 bits per heavy atom. The molecule has 0 aromatic heterocycles. The van der Waals surface area contributed by atoms with Gasteiger partial charge in [0.2, 0.25) is 0 Å². The number of carbonyl (C=O) groups excluding carboxylic acids is 1. The minimum Gasteiger partial charge on any atom is -0.366 e. The molecular formula is C17H24N4O. The lowest BCUT2D eigenvalue weighted by Gasteiger charge is -2.47. The lowest BCUT2D eigenvalue weighted by Crippen LogP contribution is -2.56. The van der Waals surface area contributed by atoms with Crippen LogP contribution in [-0.4, -0.2) is 42.8 Å². The van der Waals surface area contributed by atoms with Gasteiger partial charge in [-0.05, 0) is 44.9 Å². The number of piperidine rings is 2. The van der Waals surface area contributed by atoms with Gasteiger partial charge in [0.15, 0.2) is 0 Å². The Morgan fingerprint density at radius 1 is 1.23 bits per heavy atom. The second kappa shape index (κ2) is 5.47. The number of nitrogens with zero attached hydrogens (tertiary/aromatic N) is 2. The topological polar surface area (TPSA) is 47.6 Å². The zero-order valence-corrected chi connectivity index (χ0v) is 13.1. The SMILES string of the molecule is CN1[C@@H]2CCC[C@H]1CC(NC(=O)N1CNc3ccccc31)C2. The quantitative estimate of drug-likeness (QED) is 0.838. The number of anilines is 2. The minimum absolute atomic E-state index is 0.0325. The lowest BCUT2D eigenvalue weighted by atomic mass is 9.82. The van der Waals surface area contributed by atoms with E-state index in [1.807, 2.05) is 29.2 Å². The average molecular weight is 300 g/mol. The van der Waals surface area contributed by atoms with E-state index in [0.717, 1.165) is 24.2 Å². The third kappa shape index (κ3) is 2.33. The summed E-state index contributed by atoms with van der Waals surface area (Å²) < 4.78 is 0. The fourth-order valence-electron chi connectivity index (χ4n) is 4.28. The Balaban J connectivity index is 1.43. The summed E-state index contributed by atoms with van der Waals surface area (Å²) in [7, 11) is 2.24. The maximum absolute atomic E-state index is 12.6. The van der Waals surface area contributed by atoms with Crippen LogP contribution < -0.4 is 15.5 Å². The number of nitrogens with one attached hydrogen (secondary N) is 2. The second-order valence-electron chi connectivity index (χ2n) is 6.80. The Bertz CT molecular complexity index is 562. The van der Waals surface area contributed by atoms with Crippen molar-refractivity contribution in [2.45, 2.75) is 50.2 Å². The summed E-state index contributed by atoms with van der Waals surface area (Å²) in [5, 5.41) is 6.54. The Kier molecular flexibility index (Phi) is 3.45. The molecule has 3 atom stereocenters. The lowest BCUT2D eigenvalue weighted by molar-refractivity contribution is 0.0511. The summed E-state index contributed by atoms with van der Waals surface area (Å²) in [6, 6.07) is 9.61. The Hall–Kier alpha value is -1.75. The minimum atomic E-state index is 0.0325. The number of rotatable bonds is 1. The molecule has 0 aliphatic carbocycles. The first-order chi connectivity index (χ1) is 10.7. The van der Waals surface area contributed by atoms with E-state index in [4.69, 9.17) is 0 Å². The molecule has 0 saturated carbocycles. The van der Waals surface area contributed by atoms with Gasteiger partial charge >= 0.3 is 6.03 Å². The fourth-order valence-corrected chi connectivity index (χ4v) is 4.28. The molecular weight excluding hydrogens is 276 g/mol. The van der Waals surface area contributed by atoms with E-state index in [1.165, 1.54) is 19.3 Å². The van der Waals surface area contributed by atoms with E-state index in [2.05, 4.69) is 22.6 Å². The van der Waals surface area contributed by atoms with Crippen molar-refractivity contribution >= 4 is 17.4 Å². The van der Waals surface area contributed by atoms with E-state index in [-0.39, 0.29) is 6.03 Å². The largest absolute Gasteiger partial charge is 0.366 e. The van der Waals surface area contributed by atoms with Gasteiger partial charge in [-0.1, -0.05) is 18.6 Å². The smallest absolute Gasteiger partial charge is 0.323 e. The molecule has 1 aromatic rings. The number of fused-ring (bicyclic) bond motifs is 3. The number of urea groups is 1. The second-order valence-corrected chi connectivity index (χ2v) is 6.80. The summed E-state index contributed by atoms with van der Waals surface area (Å²) >= 11 is 0. The molecule has 3 aliphatic rings. The van der Waals surface area contributed by atoms with Gasteiger partial charge in [-0.2, -0.15) is 0 Å². The summed E-state index contributed by atoms with van der Waals surface area (Å²) in [5.41, 5.74) is 2.02. The van der Waals surface area contributed by atoms with Crippen molar-refractivity contribution in [3.63, 3.8) is 0 Å². The highest BCUT2D eigenvalue weighted by Gasteiger charge is 2.37. The van der Waals surface area contributed by atoms with E-state index in [0.29, 0.717) is 24.8 Å². The molecule has 5 nitrogen and oxygen atoms in total. The van der Waals surface area contributed by atoms with Crippen LogP contribution in [0.15, 0.2) is 24.3 Å². The molecule has 2 amide bonds. The molecule has 2 saturated heterocycles. The van der Waals surface area contributed by atoms with Crippen molar-refractivity contribution in [1.29, 1.82) is 0 Å². The summed E-state index contributed by atoms with van der Waals surface area (Å²) in [6.07, 6.45) is 6.05. The molecule has 4 rings (SSSR count). The van der Waals surface area contributed by atoms with Gasteiger partial charge in [0.1, 0.15) is 0 Å². The third-order valence-electron chi connectivity index (χ3n) is 5.54. The zero-order valence-electron chi connectivity index (χ0n) is 13.1. The van der Waals surface area contributed by atoms with Crippen molar-refractivity contribution in [1.82, 2.24) is 10.2 Å². The van der Waals surface area contributed by atoms with E-state index in [1.54, 1.807) is 0 Å². The Labute approximate surface area is 131 Å². The van der Waals surface area contributed by atoms with Crippen molar-refractivity contribution in [2.24, 2.45) is 0 Å². The fraction of sp³-hybridized carbons (Fsp3) is 0.588. The van der Waals surface area contributed by atoms with Crippen LogP contribution in [0.5, 0.6) is 0 Å². The maximum Gasteiger partial charge on any atom is 0.323 e. The predicted octanol–water partition coefficient (Wildman–Crippen LogP) is 2.60. The predicted molar refractivity (Wildman–Crippen MR) is 88.2 cm³/mol. The molecule has 118 valence electrons. The Morgan fingerprint density at radius 2 is 1.95 bits per heavy atom. The van der Waals surface area contributed by atoms with Crippen LogP contribution in [0.4, 0.5) is 16.2 Å². The first kappa shape index (κ1) is 13.9. The molecule has 1 aromatic carbocycles. The van der Waals surface area contributed by atoms with Gasteiger partial charge in [0.25, 0.3) is 0 Å². The van der Waals surface area contributed by atoms with Crippen LogP contribution in [0.3, 0.4) is 0 Å². The molecule has 2 bridgehead atoms. The highest BCUT2D eigenvalue weighted by Crippen LogP contribution is 2.34. The number of carbonyl (C=O) groups is 1. The molecule has 0 spiro atoms. The van der Waals surface area contributed by atoms with Gasteiger partial charge < -0.3 is 15.5 Å². The highest BCUT2D eigenvalue weighted by molar-refractivity contribution is 5.98. The van der Waals surface area contributed by atoms with Gasteiger partial charge in [-0.15, -0.1) is 0 Å². The van der Waals surface area contributed by atoms with Crippen LogP contribution in [0, 0.1) is 0 Å². The summed E-state index contributed by atoms with van der Waals surface area (Å²) in [6.45, 7) is 0.560. The van der Waals surface area contributed by atoms with Crippen LogP contribution in [0.2, 0.25) is 0 Å². The number of amides is 2. The van der Waals surface area contributed by atoms with Crippen molar-refractivity contribution in [2.75, 3.05) is 23.9 Å². The average Bonchev–Trinajstić information content (AvgIpc) is 2.92. The molecule has 3 aliphatic heterocycles. The molecule has 22 heavy (non-hydrogen) atoms. The first-order valence-electron chi connectivity index (χ1n) is 8.35. The van der Waals surface area contributed by atoms with Crippen LogP contribution >= 0.6 is 0 Å². The first-order valence-corrected chi connectivity index (χ1v) is 8.35. The molecule has 1 unspecified atom stereocenters. The zero-order chi connectivity index (χ0) is 15.1. The summed E-state index contributed by atoms with van der Waals surface area (Å²) in [5.74, 6) is 0. The van der Waals surface area contributed by atoms with Crippen LogP contribution in [0.1, 0.15) is 32.1 Å². The summed E-state index contributed by atoms with van der Waals surface area (Å²) in [4.78, 5) is 17.0. The van der Waals surface area contributed by atoms with Gasteiger partial charge in [0.05, 0.1) is 18.0 Å². The van der Waals surface area contributed by atoms with Gasteiger partial charge in [-0.25, -0.2) is 4.79 Å². The molecule has 2 N–H and O–H groups in total. The van der Waals surface area contributed by atoms with Crippen LogP contribution in [0.25, 0.3) is 0 Å². The van der Waals surface area contributed by atoms with E-state index in [9.17, 15) is 4.79 Å². The molecule has 0 radical (unpaired) electrons. The van der Waals surface area contributed by atoms with Gasteiger partial charge in [0, 0.05) is 18.1 Å². The standard InChI is InChI=1S/C17H24N4O/c1-20-13-5-4-6-14(20)10-12(9-13)19-17(22)21-11-18-15-7-2-3-8-16(15)21/h2-3,7-8,12-14,18H,4-6,9-11H2,1H3,(H,19,22)/t12?,13-,14+. The van der Waals surface area contributed by atoms with Crippen LogP contribution in [-0.2, 0) is 0 Å². The van der Waals surface area contributed by atoms with Crippen molar-refractivity contribution in [3.8, 4) is 0 Å². The molecule has 3 heterocycles. The van der Waals surface area contributed by atoms with E-state index >= 15 is 0 Å². The number of para-hydroxylation sites is 2. The monoisotopic (exact) mass is 300 g/mol.